The van der Waals surface area contributed by atoms with E-state index >= 15 is 0 Å². The minimum Gasteiger partial charge on any atom is -0.512 e. The second-order valence-electron chi connectivity index (χ2n) is 10.7. The average Bonchev–Trinajstić information content (AvgIpc) is 2.94. The van der Waals surface area contributed by atoms with Gasteiger partial charge in [-0.05, 0) is 66.6 Å². The van der Waals surface area contributed by atoms with E-state index in [9.17, 15) is 10.2 Å². The number of allylic oxidation sites excluding steroid dienone is 2. The number of nitrogens with one attached hydrogen (secondary N) is 1. The normalized spacial score (nSPS) is 51.2. The molecule has 5 aliphatic rings. The van der Waals surface area contributed by atoms with Crippen LogP contribution in [-0.4, -0.2) is 42.1 Å². The molecule has 8 atom stereocenters. The van der Waals surface area contributed by atoms with Gasteiger partial charge in [-0.2, -0.15) is 0 Å². The van der Waals surface area contributed by atoms with Gasteiger partial charge >= 0.3 is 0 Å². The lowest BCUT2D eigenvalue weighted by Crippen LogP contribution is -2.53. The highest BCUT2D eigenvalue weighted by Crippen LogP contribution is 2.67. The summed E-state index contributed by atoms with van der Waals surface area (Å²) in [5, 5.41) is 24.8. The lowest BCUT2D eigenvalue weighted by molar-refractivity contribution is -0.0573. The van der Waals surface area contributed by atoms with Crippen molar-refractivity contribution in [3.63, 3.8) is 0 Å². The molecule has 28 heavy (non-hydrogen) atoms. The van der Waals surface area contributed by atoms with Gasteiger partial charge < -0.3 is 20.3 Å². The van der Waals surface area contributed by atoms with Crippen LogP contribution in [0.1, 0.15) is 59.3 Å². The molecule has 156 valence electrons. The monoisotopic (exact) mass is 387 g/mol. The highest BCUT2D eigenvalue weighted by Gasteiger charge is 2.60. The van der Waals surface area contributed by atoms with E-state index in [0.29, 0.717) is 29.4 Å². The van der Waals surface area contributed by atoms with Crippen molar-refractivity contribution < 1.29 is 14.9 Å². The van der Waals surface area contributed by atoms with Crippen molar-refractivity contribution in [3.05, 3.63) is 23.0 Å². The zero-order chi connectivity index (χ0) is 19.7. The topological polar surface area (TPSA) is 61.7 Å². The van der Waals surface area contributed by atoms with Crippen LogP contribution in [0.2, 0.25) is 0 Å². The Morgan fingerprint density at radius 2 is 1.89 bits per heavy atom. The fourth-order valence-electron chi connectivity index (χ4n) is 7.99. The molecular formula is C24H37NO3. The van der Waals surface area contributed by atoms with Crippen LogP contribution in [-0.2, 0) is 4.74 Å². The maximum atomic E-state index is 11.1. The number of hydrogen-bond donors (Lipinski definition) is 3. The molecule has 0 aromatic carbocycles. The molecule has 4 nitrogen and oxygen atoms in total. The first kappa shape index (κ1) is 19.1. The summed E-state index contributed by atoms with van der Waals surface area (Å²) in [6, 6.07) is 0. The van der Waals surface area contributed by atoms with Gasteiger partial charge in [0, 0.05) is 25.1 Å². The predicted octanol–water partition coefficient (Wildman–Crippen LogP) is 3.97. The van der Waals surface area contributed by atoms with Crippen molar-refractivity contribution in [1.29, 1.82) is 0 Å². The van der Waals surface area contributed by atoms with Crippen LogP contribution in [0, 0.1) is 34.5 Å². The van der Waals surface area contributed by atoms with Crippen molar-refractivity contribution in [3.8, 4) is 0 Å². The molecule has 5 rings (SSSR count). The third-order valence-corrected chi connectivity index (χ3v) is 9.39. The summed E-state index contributed by atoms with van der Waals surface area (Å²) in [7, 11) is 0. The molecule has 2 saturated carbocycles. The summed E-state index contributed by atoms with van der Waals surface area (Å²) in [6.07, 6.45) is 8.48. The molecular weight excluding hydrogens is 350 g/mol. The number of fused-ring (bicyclic) bond motifs is 5. The first-order chi connectivity index (χ1) is 13.3. The van der Waals surface area contributed by atoms with Crippen LogP contribution in [0.25, 0.3) is 0 Å². The van der Waals surface area contributed by atoms with E-state index in [2.05, 4.69) is 32.2 Å². The summed E-state index contributed by atoms with van der Waals surface area (Å²) < 4.78 is 6.11. The smallest absolute Gasteiger partial charge is 0.0950 e. The van der Waals surface area contributed by atoms with Crippen LogP contribution >= 0.6 is 0 Å². The summed E-state index contributed by atoms with van der Waals surface area (Å²) in [5.41, 5.74) is 3.01. The third-order valence-electron chi connectivity index (χ3n) is 9.39. The van der Waals surface area contributed by atoms with Crippen LogP contribution in [0.5, 0.6) is 0 Å². The van der Waals surface area contributed by atoms with Crippen LogP contribution in [0.4, 0.5) is 0 Å². The molecule has 1 saturated heterocycles. The zero-order valence-corrected chi connectivity index (χ0v) is 17.7. The van der Waals surface area contributed by atoms with E-state index < -0.39 is 0 Å². The molecule has 0 amide bonds. The Labute approximate surface area is 169 Å². The number of hydrogen-bond acceptors (Lipinski definition) is 4. The molecule has 3 N–H and O–H groups in total. The van der Waals surface area contributed by atoms with Crippen LogP contribution in [0.3, 0.4) is 0 Å². The van der Waals surface area contributed by atoms with Crippen molar-refractivity contribution >= 4 is 0 Å². The maximum absolute atomic E-state index is 11.1. The summed E-state index contributed by atoms with van der Waals surface area (Å²) >= 11 is 0. The summed E-state index contributed by atoms with van der Waals surface area (Å²) in [6.45, 7) is 9.72. The second-order valence-corrected chi connectivity index (χ2v) is 10.7. The van der Waals surface area contributed by atoms with Crippen molar-refractivity contribution in [2.75, 3.05) is 19.7 Å². The molecule has 0 bridgehead atoms. The highest BCUT2D eigenvalue weighted by atomic mass is 16.5. The Hall–Kier alpha value is -0.840. The maximum Gasteiger partial charge on any atom is 0.0950 e. The molecule has 4 aliphatic carbocycles. The minimum absolute atomic E-state index is 0.0331. The standard InChI is InChI=1S/C24H37NO3/c1-14-10-15-11-16(26)4-6-23(15,2)17-5-7-24(3)18(21(14)17)12-19(27)22(24)20-13-25-8-9-28-20/h10,14,16-18,20-21,25-27H,4-9,11-13H2,1-3H3/t14?,16?,17-,18+,20?,21-,23+,24+/m1/s1. The van der Waals surface area contributed by atoms with E-state index in [1.165, 1.54) is 17.6 Å². The highest BCUT2D eigenvalue weighted by molar-refractivity contribution is 5.35. The van der Waals surface area contributed by atoms with E-state index in [-0.39, 0.29) is 23.0 Å². The number of ether oxygens (including phenoxy) is 1. The van der Waals surface area contributed by atoms with Gasteiger partial charge in [-0.15, -0.1) is 0 Å². The van der Waals surface area contributed by atoms with Gasteiger partial charge in [0.2, 0.25) is 0 Å². The molecule has 1 aliphatic heterocycles. The van der Waals surface area contributed by atoms with Gasteiger partial charge in [0.15, 0.2) is 0 Å². The Morgan fingerprint density at radius 1 is 1.11 bits per heavy atom. The Morgan fingerprint density at radius 3 is 2.64 bits per heavy atom. The van der Waals surface area contributed by atoms with E-state index in [1.807, 2.05) is 0 Å². The molecule has 0 aromatic heterocycles. The molecule has 4 heteroatoms. The lowest BCUT2D eigenvalue weighted by atomic mass is 9.45. The second kappa shape index (κ2) is 6.58. The van der Waals surface area contributed by atoms with Gasteiger partial charge in [-0.25, -0.2) is 0 Å². The number of morpholine rings is 1. The Bertz CT molecular complexity index is 709. The van der Waals surface area contributed by atoms with Gasteiger partial charge in [0.25, 0.3) is 0 Å². The molecule has 0 aromatic rings. The largest absolute Gasteiger partial charge is 0.512 e. The van der Waals surface area contributed by atoms with Gasteiger partial charge in [-0.1, -0.05) is 32.4 Å². The molecule has 0 radical (unpaired) electrons. The fraction of sp³-hybridized carbons (Fsp3) is 0.833. The number of rotatable bonds is 1. The van der Waals surface area contributed by atoms with E-state index in [0.717, 1.165) is 51.8 Å². The van der Waals surface area contributed by atoms with Gasteiger partial charge in [0.1, 0.15) is 0 Å². The molecule has 3 unspecified atom stereocenters. The first-order valence-corrected chi connectivity index (χ1v) is 11.5. The third kappa shape index (κ3) is 2.60. The first-order valence-electron chi connectivity index (χ1n) is 11.5. The van der Waals surface area contributed by atoms with Gasteiger partial charge in [0.05, 0.1) is 24.6 Å². The van der Waals surface area contributed by atoms with Crippen molar-refractivity contribution in [2.24, 2.45) is 34.5 Å². The molecule has 0 spiro atoms. The van der Waals surface area contributed by atoms with Crippen LogP contribution < -0.4 is 5.32 Å². The Balaban J connectivity index is 1.49. The summed E-state index contributed by atoms with van der Waals surface area (Å²) in [5.74, 6) is 2.92. The van der Waals surface area contributed by atoms with E-state index in [4.69, 9.17) is 4.74 Å². The number of aliphatic hydroxyl groups is 2. The molecule has 1 heterocycles. The fourth-order valence-corrected chi connectivity index (χ4v) is 7.99. The van der Waals surface area contributed by atoms with Gasteiger partial charge in [-0.3, -0.25) is 0 Å². The van der Waals surface area contributed by atoms with Crippen molar-refractivity contribution in [1.82, 2.24) is 5.32 Å². The summed E-state index contributed by atoms with van der Waals surface area (Å²) in [4.78, 5) is 0. The molecule has 3 fully saturated rings. The SMILES string of the molecule is CC1C=C2CC(O)CC[C@]2(C)[C@@H]2CC[C@]3(C)C(C4CNCCO4)=C(O)C[C@H]3[C@H]12. The minimum atomic E-state index is -0.156. The van der Waals surface area contributed by atoms with Crippen molar-refractivity contribution in [2.45, 2.75) is 71.5 Å². The number of aliphatic hydroxyl groups excluding tert-OH is 2. The average molecular weight is 388 g/mol. The predicted molar refractivity (Wildman–Crippen MR) is 110 cm³/mol. The van der Waals surface area contributed by atoms with E-state index in [1.54, 1.807) is 0 Å². The Kier molecular flexibility index (Phi) is 4.50. The zero-order valence-electron chi connectivity index (χ0n) is 17.7. The quantitative estimate of drug-likeness (QED) is 0.596. The van der Waals surface area contributed by atoms with Crippen LogP contribution in [0.15, 0.2) is 23.0 Å². The lowest BCUT2D eigenvalue weighted by Gasteiger charge is -2.59.